The van der Waals surface area contributed by atoms with Gasteiger partial charge in [0.15, 0.2) is 5.78 Å². The maximum absolute atomic E-state index is 14.9. The number of aliphatic hydroxyl groups excluding tert-OH is 2. The van der Waals surface area contributed by atoms with Gasteiger partial charge in [-0.15, -0.1) is 0 Å². The molecule has 2 aromatic rings. The van der Waals surface area contributed by atoms with E-state index in [4.69, 9.17) is 4.74 Å². The molecule has 3 heterocycles. The van der Waals surface area contributed by atoms with Crippen LogP contribution < -0.4 is 0 Å². The molecule has 6 aliphatic rings. The highest BCUT2D eigenvalue weighted by molar-refractivity contribution is 6.18. The standard InChI is InChI=1S/C46H60N2O5/c1-13-47(12)41(52)25(4)15-14-19-44(9)31-17-16-26-21-29-28-22-27-30-23-42(5,6)53-43(7,8)35(30)38(50)33(27)34-37(28)48(36(24(2)3)39(34)51)40(29)46(26,11)45(31,10)20-18-32(44)49/h14-15,19,22-23,26,31-32,35-36,38,49-50H,2,13,16-18,20-21H2,1,3-12H3/b19-14+,25-15+/t26?,31-,32-,35?,36-,38+,44-,45-,46+/m0/s1. The van der Waals surface area contributed by atoms with Crippen molar-refractivity contribution in [2.45, 2.75) is 136 Å². The lowest BCUT2D eigenvalue weighted by atomic mass is 9.40. The minimum absolute atomic E-state index is 0.0109. The molecule has 0 saturated heterocycles. The zero-order chi connectivity index (χ0) is 38.5. The third-order valence-corrected chi connectivity index (χ3v) is 15.6. The second-order valence-electron chi connectivity index (χ2n) is 19.3. The van der Waals surface area contributed by atoms with E-state index in [0.717, 1.165) is 58.9 Å². The molecule has 2 saturated carbocycles. The Balaban J connectivity index is 1.31. The number of ether oxygens (including phenoxy) is 1. The number of rotatable bonds is 5. The van der Waals surface area contributed by atoms with Crippen LogP contribution in [-0.2, 0) is 21.4 Å². The van der Waals surface area contributed by atoms with Crippen LogP contribution >= 0.6 is 0 Å². The molecular weight excluding hydrogens is 661 g/mol. The second-order valence-corrected chi connectivity index (χ2v) is 19.3. The van der Waals surface area contributed by atoms with Gasteiger partial charge >= 0.3 is 0 Å². The molecule has 0 bridgehead atoms. The summed E-state index contributed by atoms with van der Waals surface area (Å²) in [5, 5.41) is 25.2. The maximum atomic E-state index is 14.9. The summed E-state index contributed by atoms with van der Waals surface area (Å²) in [6.07, 6.45) is 11.5. The summed E-state index contributed by atoms with van der Waals surface area (Å²) in [4.78, 5) is 29.5. The van der Waals surface area contributed by atoms with Crippen molar-refractivity contribution in [3.8, 4) is 0 Å². The predicted octanol–water partition coefficient (Wildman–Crippen LogP) is 8.58. The Morgan fingerprint density at radius 2 is 1.79 bits per heavy atom. The number of benzene rings is 1. The lowest BCUT2D eigenvalue weighted by Gasteiger charge is -2.64. The van der Waals surface area contributed by atoms with Crippen LogP contribution in [0.1, 0.15) is 140 Å². The van der Waals surface area contributed by atoms with E-state index >= 15 is 0 Å². The number of Topliss-reactive ketones (excluding diaryl/α,β-unsaturated/α-hetero) is 1. The van der Waals surface area contributed by atoms with E-state index in [-0.39, 0.29) is 34.4 Å². The minimum Gasteiger partial charge on any atom is -0.392 e. The molecule has 4 aliphatic carbocycles. The summed E-state index contributed by atoms with van der Waals surface area (Å²) >= 11 is 0. The van der Waals surface area contributed by atoms with Crippen LogP contribution in [0.4, 0.5) is 0 Å². The number of carbonyl (C=O) groups excluding carboxylic acids is 2. The molecule has 284 valence electrons. The van der Waals surface area contributed by atoms with Crippen LogP contribution in [0.5, 0.6) is 0 Å². The molecule has 2 aliphatic heterocycles. The van der Waals surface area contributed by atoms with Crippen LogP contribution in [0.15, 0.2) is 48.1 Å². The molecule has 1 aromatic carbocycles. The molecule has 9 atom stereocenters. The molecular formula is C46H60N2O5. The normalized spacial score (nSPS) is 37.6. The SMILES string of the molecule is C=C(C)[C@H]1C(=O)c2c3c(cc4c5c(n1c24)[C@@]1(C)C(CC[C@H]2[C@](C)(/C=C/C=C(\C)C(=O)N(C)CC)[C@@H](O)CC[C@@]21C)C5)C1=CC(C)(C)OC(C)(C)C1[C@@H]3O. The van der Waals surface area contributed by atoms with E-state index in [0.29, 0.717) is 30.0 Å². The van der Waals surface area contributed by atoms with Gasteiger partial charge in [0.2, 0.25) is 5.91 Å². The number of likely N-dealkylation sites (N-methyl/N-ethyl adjacent to an activating group) is 1. The van der Waals surface area contributed by atoms with Gasteiger partial charge in [0, 0.05) is 52.6 Å². The fourth-order valence-electron chi connectivity index (χ4n) is 13.0. The van der Waals surface area contributed by atoms with Crippen LogP contribution in [-0.4, -0.2) is 62.3 Å². The summed E-state index contributed by atoms with van der Waals surface area (Å²) in [6, 6.07) is 1.78. The smallest absolute Gasteiger partial charge is 0.249 e. The highest BCUT2D eigenvalue weighted by atomic mass is 16.5. The first-order chi connectivity index (χ1) is 24.7. The molecule has 0 spiro atoms. The molecule has 2 fully saturated rings. The highest BCUT2D eigenvalue weighted by Gasteiger charge is 2.67. The largest absolute Gasteiger partial charge is 0.392 e. The Hall–Kier alpha value is -3.26. The molecule has 2 unspecified atom stereocenters. The van der Waals surface area contributed by atoms with Crippen molar-refractivity contribution in [3.63, 3.8) is 0 Å². The zero-order valence-electron chi connectivity index (χ0n) is 33.8. The Labute approximate surface area is 315 Å². The van der Waals surface area contributed by atoms with Crippen molar-refractivity contribution >= 4 is 28.2 Å². The number of amides is 1. The van der Waals surface area contributed by atoms with Gasteiger partial charge < -0.3 is 24.4 Å². The van der Waals surface area contributed by atoms with E-state index in [1.54, 1.807) is 4.90 Å². The van der Waals surface area contributed by atoms with Crippen LogP contribution in [0.25, 0.3) is 16.5 Å². The minimum atomic E-state index is -0.852. The van der Waals surface area contributed by atoms with E-state index in [2.05, 4.69) is 77.8 Å². The topological polar surface area (TPSA) is 92.0 Å². The summed E-state index contributed by atoms with van der Waals surface area (Å²) in [5.74, 6) is 0.355. The molecule has 8 rings (SSSR count). The van der Waals surface area contributed by atoms with E-state index in [9.17, 15) is 19.8 Å². The number of fused-ring (bicyclic) bond motifs is 11. The highest BCUT2D eigenvalue weighted by Crippen LogP contribution is 2.71. The fourth-order valence-corrected chi connectivity index (χ4v) is 13.0. The Kier molecular flexibility index (Phi) is 7.89. The number of aliphatic hydroxyl groups is 2. The number of aromatic nitrogens is 1. The number of allylic oxidation sites excluding steroid dienone is 3. The second kappa shape index (κ2) is 11.4. The third kappa shape index (κ3) is 4.56. The number of hydrogen-bond donors (Lipinski definition) is 2. The van der Waals surface area contributed by atoms with Gasteiger partial charge in [0.05, 0.1) is 34.5 Å². The number of carbonyl (C=O) groups is 2. The van der Waals surface area contributed by atoms with Gasteiger partial charge in [0.1, 0.15) is 6.04 Å². The van der Waals surface area contributed by atoms with Crippen molar-refractivity contribution < 1.29 is 24.5 Å². The predicted molar refractivity (Wildman–Crippen MR) is 211 cm³/mol. The van der Waals surface area contributed by atoms with Gasteiger partial charge in [-0.05, 0) is 127 Å². The van der Waals surface area contributed by atoms with Gasteiger partial charge in [-0.2, -0.15) is 0 Å². The maximum Gasteiger partial charge on any atom is 0.249 e. The molecule has 0 radical (unpaired) electrons. The van der Waals surface area contributed by atoms with Gasteiger partial charge in [-0.3, -0.25) is 9.59 Å². The Morgan fingerprint density at radius 1 is 1.09 bits per heavy atom. The average Bonchev–Trinajstić information content (AvgIpc) is 3.74. The first-order valence-corrected chi connectivity index (χ1v) is 20.0. The average molecular weight is 721 g/mol. The molecule has 2 N–H and O–H groups in total. The van der Waals surface area contributed by atoms with Crippen molar-refractivity contribution in [1.29, 1.82) is 0 Å². The Bertz CT molecular complexity index is 2090. The number of hydrogen-bond acceptors (Lipinski definition) is 5. The number of nitrogens with zero attached hydrogens (tertiary/aromatic N) is 2. The fraction of sp³-hybridized carbons (Fsp3) is 0.609. The first-order valence-electron chi connectivity index (χ1n) is 20.0. The quantitative estimate of drug-likeness (QED) is 0.184. The van der Waals surface area contributed by atoms with Crippen LogP contribution in [0.3, 0.4) is 0 Å². The monoisotopic (exact) mass is 720 g/mol. The molecule has 7 heteroatoms. The molecule has 1 amide bonds. The summed E-state index contributed by atoms with van der Waals surface area (Å²) in [6.45, 7) is 26.3. The van der Waals surface area contributed by atoms with E-state index in [1.165, 1.54) is 11.3 Å². The third-order valence-electron chi connectivity index (χ3n) is 15.6. The molecule has 53 heavy (non-hydrogen) atoms. The van der Waals surface area contributed by atoms with Crippen molar-refractivity contribution in [3.05, 3.63) is 76.0 Å². The van der Waals surface area contributed by atoms with Crippen molar-refractivity contribution in [2.75, 3.05) is 13.6 Å². The zero-order valence-corrected chi connectivity index (χ0v) is 33.8. The summed E-state index contributed by atoms with van der Waals surface area (Å²) < 4.78 is 8.91. The number of ketones is 1. The van der Waals surface area contributed by atoms with Gasteiger partial charge in [-0.1, -0.05) is 51.2 Å². The van der Waals surface area contributed by atoms with Crippen LogP contribution in [0.2, 0.25) is 0 Å². The summed E-state index contributed by atoms with van der Waals surface area (Å²) in [7, 11) is 1.82. The van der Waals surface area contributed by atoms with Crippen molar-refractivity contribution in [2.24, 2.45) is 28.6 Å². The first kappa shape index (κ1) is 36.7. The lowest BCUT2D eigenvalue weighted by Crippen LogP contribution is -2.62. The van der Waals surface area contributed by atoms with Crippen molar-refractivity contribution in [1.82, 2.24) is 9.47 Å². The lowest BCUT2D eigenvalue weighted by molar-refractivity contribution is -0.144. The van der Waals surface area contributed by atoms with E-state index in [1.807, 2.05) is 40.0 Å². The van der Waals surface area contributed by atoms with Gasteiger partial charge in [-0.25, -0.2) is 0 Å². The molecule has 1 aromatic heterocycles. The molecule has 7 nitrogen and oxygen atoms in total. The van der Waals surface area contributed by atoms with E-state index < -0.39 is 34.9 Å². The summed E-state index contributed by atoms with van der Waals surface area (Å²) in [5.41, 5.74) is 6.52. The van der Waals surface area contributed by atoms with Crippen LogP contribution in [0, 0.1) is 28.6 Å². The van der Waals surface area contributed by atoms with Gasteiger partial charge in [0.25, 0.3) is 0 Å². The Morgan fingerprint density at radius 3 is 2.45 bits per heavy atom.